The van der Waals surface area contributed by atoms with Crippen molar-refractivity contribution in [3.05, 3.63) is 79.6 Å². The van der Waals surface area contributed by atoms with Crippen LogP contribution in [0.15, 0.2) is 45.6 Å². The summed E-state index contributed by atoms with van der Waals surface area (Å²) in [7, 11) is 1.59. The molecule has 32 heavy (non-hydrogen) atoms. The van der Waals surface area contributed by atoms with Crippen LogP contribution in [-0.4, -0.2) is 23.2 Å². The van der Waals surface area contributed by atoms with Gasteiger partial charge in [-0.05, 0) is 61.2 Å². The molecule has 1 atom stereocenters. The van der Waals surface area contributed by atoms with Crippen LogP contribution in [0.4, 0.5) is 5.13 Å². The average molecular weight is 448 g/mol. The summed E-state index contributed by atoms with van der Waals surface area (Å²) in [5.74, 6) is 0.349. The first-order valence-electron chi connectivity index (χ1n) is 10.3. The third-order valence-electron chi connectivity index (χ3n) is 5.88. The van der Waals surface area contributed by atoms with E-state index in [9.17, 15) is 9.59 Å². The van der Waals surface area contributed by atoms with Crippen molar-refractivity contribution in [1.82, 2.24) is 10.2 Å². The summed E-state index contributed by atoms with van der Waals surface area (Å²) < 4.78 is 11.3. The number of methoxy groups -OCH3 is 1. The van der Waals surface area contributed by atoms with Gasteiger partial charge in [-0.25, -0.2) is 0 Å². The molecule has 0 saturated heterocycles. The SMILES string of the molecule is CCc1nnc(N2C(=O)c3oc4cc(C)c(C)cc4c(=O)c3C2c2ccc(OC)cc2)s1. The number of carbonyl (C=O) groups excluding carboxylic acids is 1. The molecule has 0 spiro atoms. The molecule has 5 rings (SSSR count). The second kappa shape index (κ2) is 7.56. The number of carbonyl (C=O) groups is 1. The van der Waals surface area contributed by atoms with E-state index in [-0.39, 0.29) is 11.2 Å². The average Bonchev–Trinajstić information content (AvgIpc) is 3.38. The van der Waals surface area contributed by atoms with Crippen molar-refractivity contribution >= 4 is 33.3 Å². The number of aryl methyl sites for hydroxylation is 3. The summed E-state index contributed by atoms with van der Waals surface area (Å²) in [5.41, 5.74) is 3.27. The largest absolute Gasteiger partial charge is 0.497 e. The van der Waals surface area contributed by atoms with Gasteiger partial charge in [0.1, 0.15) is 16.3 Å². The Morgan fingerprint density at radius 3 is 2.47 bits per heavy atom. The predicted octanol–water partition coefficient (Wildman–Crippen LogP) is 4.58. The highest BCUT2D eigenvalue weighted by molar-refractivity contribution is 7.15. The Bertz CT molecular complexity index is 1420. The second-order valence-corrected chi connectivity index (χ2v) is 8.83. The lowest BCUT2D eigenvalue weighted by atomic mass is 9.97. The number of ether oxygens (including phenoxy) is 1. The number of hydrogen-bond acceptors (Lipinski definition) is 7. The zero-order valence-corrected chi connectivity index (χ0v) is 18.9. The monoisotopic (exact) mass is 447 g/mol. The van der Waals surface area contributed by atoms with E-state index in [1.165, 1.54) is 16.2 Å². The zero-order chi connectivity index (χ0) is 22.6. The van der Waals surface area contributed by atoms with E-state index in [1.807, 2.05) is 57.2 Å². The summed E-state index contributed by atoms with van der Waals surface area (Å²) in [5, 5.41) is 10.1. The van der Waals surface area contributed by atoms with Crippen LogP contribution >= 0.6 is 11.3 Å². The molecule has 0 saturated carbocycles. The van der Waals surface area contributed by atoms with Gasteiger partial charge >= 0.3 is 0 Å². The predicted molar refractivity (Wildman–Crippen MR) is 123 cm³/mol. The van der Waals surface area contributed by atoms with Crippen molar-refractivity contribution in [1.29, 1.82) is 0 Å². The van der Waals surface area contributed by atoms with Gasteiger partial charge in [0, 0.05) is 0 Å². The molecule has 8 heteroatoms. The van der Waals surface area contributed by atoms with Gasteiger partial charge in [0.2, 0.25) is 10.9 Å². The number of hydrogen-bond donors (Lipinski definition) is 0. The van der Waals surface area contributed by atoms with Gasteiger partial charge in [0.25, 0.3) is 5.91 Å². The minimum atomic E-state index is -0.664. The molecule has 1 aliphatic rings. The van der Waals surface area contributed by atoms with E-state index >= 15 is 0 Å². The van der Waals surface area contributed by atoms with E-state index < -0.39 is 11.9 Å². The highest BCUT2D eigenvalue weighted by Gasteiger charge is 2.45. The van der Waals surface area contributed by atoms with Gasteiger partial charge in [0.05, 0.1) is 24.1 Å². The molecule has 1 unspecified atom stereocenters. The lowest BCUT2D eigenvalue weighted by molar-refractivity contribution is 0.0970. The lowest BCUT2D eigenvalue weighted by Crippen LogP contribution is -2.29. The summed E-state index contributed by atoms with van der Waals surface area (Å²) in [6, 6.07) is 10.3. The highest BCUT2D eigenvalue weighted by Crippen LogP contribution is 2.42. The van der Waals surface area contributed by atoms with Crippen LogP contribution in [0, 0.1) is 13.8 Å². The number of benzene rings is 2. The van der Waals surface area contributed by atoms with Crippen molar-refractivity contribution in [2.75, 3.05) is 12.0 Å². The minimum absolute atomic E-state index is 0.0554. The normalized spacial score (nSPS) is 15.4. The molecule has 2 aromatic heterocycles. The zero-order valence-electron chi connectivity index (χ0n) is 18.1. The molecule has 1 aliphatic heterocycles. The smallest absolute Gasteiger partial charge is 0.297 e. The van der Waals surface area contributed by atoms with Crippen molar-refractivity contribution in [3.63, 3.8) is 0 Å². The fraction of sp³-hybridized carbons (Fsp3) is 0.250. The maximum absolute atomic E-state index is 13.7. The molecule has 1 amide bonds. The third-order valence-corrected chi connectivity index (χ3v) is 6.95. The van der Waals surface area contributed by atoms with Gasteiger partial charge in [-0.1, -0.05) is 30.4 Å². The van der Waals surface area contributed by atoms with E-state index in [1.54, 1.807) is 7.11 Å². The molecule has 2 aromatic carbocycles. The molecule has 0 aliphatic carbocycles. The quantitative estimate of drug-likeness (QED) is 0.455. The number of nitrogens with zero attached hydrogens (tertiary/aromatic N) is 3. The fourth-order valence-corrected chi connectivity index (χ4v) is 4.82. The Labute approximate surface area is 188 Å². The van der Waals surface area contributed by atoms with Crippen molar-refractivity contribution in [2.24, 2.45) is 0 Å². The summed E-state index contributed by atoms with van der Waals surface area (Å²) in [6.07, 6.45) is 0.708. The van der Waals surface area contributed by atoms with Crippen LogP contribution in [0.3, 0.4) is 0 Å². The molecule has 0 radical (unpaired) electrons. The molecular weight excluding hydrogens is 426 g/mol. The van der Waals surface area contributed by atoms with Gasteiger partial charge in [0.15, 0.2) is 5.43 Å². The van der Waals surface area contributed by atoms with E-state index in [0.717, 1.165) is 21.7 Å². The summed E-state index contributed by atoms with van der Waals surface area (Å²) in [6.45, 7) is 5.88. The molecule has 7 nitrogen and oxygen atoms in total. The molecule has 3 heterocycles. The maximum atomic E-state index is 13.7. The molecule has 0 N–H and O–H groups in total. The van der Waals surface area contributed by atoms with Crippen LogP contribution in [0.1, 0.15) is 50.8 Å². The second-order valence-electron chi connectivity index (χ2n) is 7.79. The lowest BCUT2D eigenvalue weighted by Gasteiger charge is -2.22. The number of aromatic nitrogens is 2. The first-order valence-corrected chi connectivity index (χ1v) is 11.1. The van der Waals surface area contributed by atoms with Gasteiger partial charge in [-0.3, -0.25) is 14.5 Å². The molecule has 0 fully saturated rings. The third kappa shape index (κ3) is 3.02. The summed E-state index contributed by atoms with van der Waals surface area (Å²) in [4.78, 5) is 28.8. The van der Waals surface area contributed by atoms with Crippen LogP contribution < -0.4 is 15.1 Å². The standard InChI is InChI=1S/C24H21N3O4S/c1-5-18-25-26-24(32-18)27-20(14-6-8-15(30-4)9-7-14)19-21(28)16-10-12(2)13(3)11-17(16)31-22(19)23(27)29/h6-11,20H,5H2,1-4H3. The van der Waals surface area contributed by atoms with Crippen LogP contribution in [-0.2, 0) is 6.42 Å². The maximum Gasteiger partial charge on any atom is 0.297 e. The Balaban J connectivity index is 1.79. The van der Waals surface area contributed by atoms with Crippen molar-refractivity contribution < 1.29 is 13.9 Å². The molecule has 4 aromatic rings. The van der Waals surface area contributed by atoms with Crippen LogP contribution in [0.25, 0.3) is 11.0 Å². The molecule has 162 valence electrons. The van der Waals surface area contributed by atoms with E-state index in [2.05, 4.69) is 10.2 Å². The number of anilines is 1. The number of amides is 1. The Morgan fingerprint density at radius 1 is 1.09 bits per heavy atom. The molecular formula is C24H21N3O4S. The Hall–Kier alpha value is -3.52. The fourth-order valence-electron chi connectivity index (χ4n) is 4.01. The van der Waals surface area contributed by atoms with Crippen LogP contribution in [0.5, 0.6) is 5.75 Å². The highest BCUT2D eigenvalue weighted by atomic mass is 32.1. The van der Waals surface area contributed by atoms with Gasteiger partial charge < -0.3 is 9.15 Å². The van der Waals surface area contributed by atoms with Gasteiger partial charge in [-0.15, -0.1) is 10.2 Å². The van der Waals surface area contributed by atoms with Crippen molar-refractivity contribution in [3.8, 4) is 5.75 Å². The van der Waals surface area contributed by atoms with Crippen LogP contribution in [0.2, 0.25) is 0 Å². The first kappa shape index (κ1) is 20.4. The van der Waals surface area contributed by atoms with E-state index in [4.69, 9.17) is 9.15 Å². The Morgan fingerprint density at radius 2 is 1.81 bits per heavy atom. The van der Waals surface area contributed by atoms with Crippen molar-refractivity contribution in [2.45, 2.75) is 33.2 Å². The van der Waals surface area contributed by atoms with Gasteiger partial charge in [-0.2, -0.15) is 0 Å². The van der Waals surface area contributed by atoms with E-state index in [0.29, 0.717) is 33.8 Å². The summed E-state index contributed by atoms with van der Waals surface area (Å²) >= 11 is 1.34. The number of rotatable bonds is 4. The minimum Gasteiger partial charge on any atom is -0.497 e. The Kier molecular flexibility index (Phi) is 4.82. The number of fused-ring (bicyclic) bond motifs is 2. The molecule has 0 bridgehead atoms. The first-order chi connectivity index (χ1) is 15.4. The topological polar surface area (TPSA) is 85.5 Å².